The van der Waals surface area contributed by atoms with Crippen LogP contribution >= 0.6 is 0 Å². The lowest BCUT2D eigenvalue weighted by atomic mass is 9.90. The summed E-state index contributed by atoms with van der Waals surface area (Å²) >= 11 is 0. The van der Waals surface area contributed by atoms with Crippen LogP contribution in [0.1, 0.15) is 29.5 Å². The van der Waals surface area contributed by atoms with E-state index in [1.807, 2.05) is 48.5 Å². The van der Waals surface area contributed by atoms with Crippen LogP contribution in [0.25, 0.3) is 11.1 Å². The zero-order valence-corrected chi connectivity index (χ0v) is 19.1. The highest BCUT2D eigenvalue weighted by Gasteiger charge is 2.39. The minimum atomic E-state index is -1.65. The van der Waals surface area contributed by atoms with Gasteiger partial charge in [-0.1, -0.05) is 78.9 Å². The first-order chi connectivity index (χ1) is 16.8. The maximum absolute atomic E-state index is 13.1. The summed E-state index contributed by atoms with van der Waals surface area (Å²) in [6, 6.07) is 22.8. The van der Waals surface area contributed by atoms with Crippen LogP contribution in [0, 0.1) is 0 Å². The molecule has 3 aromatic rings. The third-order valence-corrected chi connectivity index (χ3v) is 6.29. The number of carboxylic acids is 1. The number of ether oxygens (including phenoxy) is 1. The number of fused-ring (bicyclic) bond motifs is 3. The average Bonchev–Trinajstić information content (AvgIpc) is 3.19. The standard InChI is InChI=1S/C27H26N2O6/c1-27(17-9-3-2-4-10-17,25(33)28-23(15-30)24(31)32)29-26(34)35-16-22-20-13-7-5-11-18(20)19-12-6-8-14-21(19)22/h2-14,22-23,30H,15-16H2,1H3,(H,28,33)(H,29,34)(H,31,32)/t23-,27?/m0/s1. The van der Waals surface area contributed by atoms with Gasteiger partial charge in [-0.2, -0.15) is 0 Å². The second-order valence-electron chi connectivity index (χ2n) is 8.49. The largest absolute Gasteiger partial charge is 0.480 e. The van der Waals surface area contributed by atoms with Gasteiger partial charge >= 0.3 is 12.1 Å². The van der Waals surface area contributed by atoms with E-state index in [2.05, 4.69) is 10.6 Å². The number of aliphatic hydroxyl groups is 1. The van der Waals surface area contributed by atoms with Crippen LogP contribution in [0.2, 0.25) is 0 Å². The smallest absolute Gasteiger partial charge is 0.408 e. The minimum Gasteiger partial charge on any atom is -0.480 e. The van der Waals surface area contributed by atoms with Crippen LogP contribution in [0.3, 0.4) is 0 Å². The van der Waals surface area contributed by atoms with Gasteiger partial charge in [-0.25, -0.2) is 9.59 Å². The Bertz CT molecular complexity index is 1200. The Labute approximate surface area is 202 Å². The molecule has 0 aromatic heterocycles. The van der Waals surface area contributed by atoms with E-state index >= 15 is 0 Å². The van der Waals surface area contributed by atoms with E-state index in [0.717, 1.165) is 22.3 Å². The quantitative estimate of drug-likeness (QED) is 0.398. The van der Waals surface area contributed by atoms with Gasteiger partial charge < -0.3 is 25.6 Å². The van der Waals surface area contributed by atoms with Gasteiger partial charge in [-0.3, -0.25) is 4.79 Å². The zero-order chi connectivity index (χ0) is 25.0. The monoisotopic (exact) mass is 474 g/mol. The van der Waals surface area contributed by atoms with Gasteiger partial charge in [-0.15, -0.1) is 0 Å². The van der Waals surface area contributed by atoms with Gasteiger partial charge in [0.2, 0.25) is 0 Å². The first-order valence-electron chi connectivity index (χ1n) is 11.2. The predicted molar refractivity (Wildman–Crippen MR) is 129 cm³/mol. The number of alkyl carbamates (subject to hydrolysis) is 1. The zero-order valence-electron chi connectivity index (χ0n) is 19.1. The normalized spacial score (nSPS) is 14.7. The molecular weight excluding hydrogens is 448 g/mol. The van der Waals surface area contributed by atoms with Crippen molar-refractivity contribution in [3.8, 4) is 11.1 Å². The first kappa shape index (κ1) is 24.0. The Balaban J connectivity index is 1.53. The molecule has 3 aromatic carbocycles. The summed E-state index contributed by atoms with van der Waals surface area (Å²) in [5.74, 6) is -2.34. The third-order valence-electron chi connectivity index (χ3n) is 6.29. The van der Waals surface area contributed by atoms with Gasteiger partial charge in [0.15, 0.2) is 0 Å². The Morgan fingerprint density at radius 1 is 0.914 bits per heavy atom. The predicted octanol–water partition coefficient (Wildman–Crippen LogP) is 3.00. The van der Waals surface area contributed by atoms with E-state index in [1.165, 1.54) is 6.92 Å². The molecule has 1 aliphatic rings. The van der Waals surface area contributed by atoms with Crippen LogP contribution in [-0.4, -0.2) is 47.4 Å². The summed E-state index contributed by atoms with van der Waals surface area (Å²) in [6.07, 6.45) is -0.829. The van der Waals surface area contributed by atoms with Gasteiger partial charge in [0.1, 0.15) is 18.2 Å². The van der Waals surface area contributed by atoms with Crippen LogP contribution in [-0.2, 0) is 19.9 Å². The third kappa shape index (κ3) is 4.74. The van der Waals surface area contributed by atoms with Crippen molar-refractivity contribution in [2.24, 2.45) is 0 Å². The SMILES string of the molecule is CC(NC(=O)OCC1c2ccccc2-c2ccccc21)(C(=O)N[C@@H](CO)C(=O)O)c1ccccc1. The summed E-state index contributed by atoms with van der Waals surface area (Å²) < 4.78 is 5.59. The van der Waals surface area contributed by atoms with E-state index < -0.39 is 36.2 Å². The van der Waals surface area contributed by atoms with E-state index in [-0.39, 0.29) is 12.5 Å². The van der Waals surface area contributed by atoms with Gasteiger partial charge in [0.05, 0.1) is 6.61 Å². The average molecular weight is 475 g/mol. The Morgan fingerprint density at radius 3 is 2.00 bits per heavy atom. The van der Waals surface area contributed by atoms with Gasteiger partial charge in [-0.05, 0) is 34.7 Å². The Kier molecular flexibility index (Phi) is 6.84. The summed E-state index contributed by atoms with van der Waals surface area (Å²) in [4.78, 5) is 37.3. The molecule has 35 heavy (non-hydrogen) atoms. The number of carbonyl (C=O) groups excluding carboxylic acids is 2. The number of carbonyl (C=O) groups is 3. The molecule has 8 nitrogen and oxygen atoms in total. The molecule has 2 amide bonds. The van der Waals surface area contributed by atoms with Crippen molar-refractivity contribution in [3.05, 3.63) is 95.6 Å². The highest BCUT2D eigenvalue weighted by Crippen LogP contribution is 2.44. The molecule has 0 saturated carbocycles. The first-order valence-corrected chi connectivity index (χ1v) is 11.2. The topological polar surface area (TPSA) is 125 Å². The lowest BCUT2D eigenvalue weighted by Gasteiger charge is -2.31. The molecule has 4 rings (SSSR count). The maximum Gasteiger partial charge on any atom is 0.408 e. The molecule has 0 heterocycles. The molecule has 2 atom stereocenters. The Hall–Kier alpha value is -4.17. The van der Waals surface area contributed by atoms with E-state index in [0.29, 0.717) is 5.56 Å². The fourth-order valence-corrected chi connectivity index (χ4v) is 4.36. The fourth-order valence-electron chi connectivity index (χ4n) is 4.36. The van der Waals surface area contributed by atoms with Gasteiger partial charge in [0, 0.05) is 5.92 Å². The highest BCUT2D eigenvalue weighted by atomic mass is 16.5. The molecule has 1 aliphatic carbocycles. The van der Waals surface area contributed by atoms with Gasteiger partial charge in [0.25, 0.3) is 5.91 Å². The van der Waals surface area contributed by atoms with Crippen molar-refractivity contribution in [2.45, 2.75) is 24.4 Å². The van der Waals surface area contributed by atoms with E-state index in [1.54, 1.807) is 30.3 Å². The van der Waals surface area contributed by atoms with Crippen LogP contribution < -0.4 is 10.6 Å². The van der Waals surface area contributed by atoms with Crippen LogP contribution in [0.4, 0.5) is 4.79 Å². The fraction of sp³-hybridized carbons (Fsp3) is 0.222. The number of rotatable bonds is 8. The van der Waals surface area contributed by atoms with Crippen molar-refractivity contribution in [1.82, 2.24) is 10.6 Å². The van der Waals surface area contributed by atoms with Crippen molar-refractivity contribution in [1.29, 1.82) is 0 Å². The molecule has 0 spiro atoms. The molecule has 0 aliphatic heterocycles. The lowest BCUT2D eigenvalue weighted by Crippen LogP contribution is -2.58. The molecule has 8 heteroatoms. The summed E-state index contributed by atoms with van der Waals surface area (Å²) in [6.45, 7) is 0.715. The molecule has 0 radical (unpaired) electrons. The lowest BCUT2D eigenvalue weighted by molar-refractivity contribution is -0.144. The minimum absolute atomic E-state index is 0.0563. The van der Waals surface area contributed by atoms with Crippen molar-refractivity contribution in [3.63, 3.8) is 0 Å². The molecule has 0 bridgehead atoms. The molecule has 0 saturated heterocycles. The molecule has 180 valence electrons. The van der Waals surface area contributed by atoms with E-state index in [4.69, 9.17) is 4.74 Å². The van der Waals surface area contributed by atoms with Crippen molar-refractivity contribution >= 4 is 18.0 Å². The number of aliphatic hydroxyl groups excluding tert-OH is 1. The Morgan fingerprint density at radius 2 is 1.46 bits per heavy atom. The summed E-state index contributed by atoms with van der Waals surface area (Å²) in [5, 5.41) is 23.4. The summed E-state index contributed by atoms with van der Waals surface area (Å²) in [5.41, 5.74) is 3.07. The number of hydrogen-bond acceptors (Lipinski definition) is 5. The van der Waals surface area contributed by atoms with Crippen LogP contribution in [0.15, 0.2) is 78.9 Å². The number of carboxylic acid groups (broad SMARTS) is 1. The number of nitrogens with one attached hydrogen (secondary N) is 2. The second-order valence-corrected chi connectivity index (χ2v) is 8.49. The van der Waals surface area contributed by atoms with E-state index in [9.17, 15) is 24.6 Å². The number of hydrogen-bond donors (Lipinski definition) is 4. The van der Waals surface area contributed by atoms with Crippen molar-refractivity contribution < 1.29 is 29.3 Å². The summed E-state index contributed by atoms with van der Waals surface area (Å²) in [7, 11) is 0. The number of benzene rings is 3. The maximum atomic E-state index is 13.1. The molecule has 1 unspecified atom stereocenters. The second kappa shape index (κ2) is 9.99. The molecule has 4 N–H and O–H groups in total. The highest BCUT2D eigenvalue weighted by molar-refractivity contribution is 5.93. The van der Waals surface area contributed by atoms with Crippen molar-refractivity contribution in [2.75, 3.05) is 13.2 Å². The number of aliphatic carboxylic acids is 1. The number of amides is 2. The van der Waals surface area contributed by atoms with Crippen LogP contribution in [0.5, 0.6) is 0 Å². The molecular formula is C27H26N2O6. The molecule has 0 fully saturated rings.